The molecule has 4 atom stereocenters. The van der Waals surface area contributed by atoms with Crippen LogP contribution in [0.2, 0.25) is 0 Å². The van der Waals surface area contributed by atoms with E-state index in [9.17, 15) is 19.1 Å². The van der Waals surface area contributed by atoms with E-state index < -0.39 is 18.2 Å². The Morgan fingerprint density at radius 3 is 2.80 bits per heavy atom. The summed E-state index contributed by atoms with van der Waals surface area (Å²) in [6, 6.07) is 0. The topological polar surface area (TPSA) is 74.6 Å². The Bertz CT molecular complexity index is 472. The van der Waals surface area contributed by atoms with E-state index in [2.05, 4.69) is 0 Å². The molecule has 1 fully saturated rings. The lowest BCUT2D eigenvalue weighted by molar-refractivity contribution is -0.137. The number of alkyl halides is 1. The number of carbonyl (C=O) groups excluding carboxylic acids is 1. The van der Waals surface area contributed by atoms with E-state index in [0.717, 1.165) is 19.3 Å². The van der Waals surface area contributed by atoms with Gasteiger partial charge in [0, 0.05) is 18.8 Å². The number of aliphatic carboxylic acids is 1. The summed E-state index contributed by atoms with van der Waals surface area (Å²) in [7, 11) is 0. The molecule has 5 heteroatoms. The predicted molar refractivity (Wildman–Crippen MR) is 96.0 cm³/mol. The molecule has 142 valence electrons. The lowest BCUT2D eigenvalue weighted by Gasteiger charge is -2.15. The maximum atomic E-state index is 13.8. The van der Waals surface area contributed by atoms with Crippen molar-refractivity contribution in [3.8, 4) is 0 Å². The van der Waals surface area contributed by atoms with E-state index in [1.807, 2.05) is 19.1 Å². The SMILES string of the molecule is CCCC[C@@H](F)[C@H](O)/C=C/[C@H]1CCC(=O)[C@@H]1C/C=C/CCCC(=O)O. The van der Waals surface area contributed by atoms with Crippen molar-refractivity contribution in [1.82, 2.24) is 0 Å². The number of carboxylic acids is 1. The van der Waals surface area contributed by atoms with Gasteiger partial charge in [-0.2, -0.15) is 0 Å². The number of carboxylic acid groups (broad SMARTS) is 1. The fourth-order valence-corrected chi connectivity index (χ4v) is 3.15. The van der Waals surface area contributed by atoms with Gasteiger partial charge in [-0.05, 0) is 38.0 Å². The summed E-state index contributed by atoms with van der Waals surface area (Å²) in [5, 5.41) is 18.4. The zero-order chi connectivity index (χ0) is 18.7. The van der Waals surface area contributed by atoms with Gasteiger partial charge in [0.05, 0.1) is 0 Å². The maximum Gasteiger partial charge on any atom is 0.303 e. The minimum Gasteiger partial charge on any atom is -0.481 e. The molecule has 0 aromatic rings. The Balaban J connectivity index is 2.44. The van der Waals surface area contributed by atoms with Crippen LogP contribution in [-0.4, -0.2) is 34.2 Å². The smallest absolute Gasteiger partial charge is 0.303 e. The van der Waals surface area contributed by atoms with Crippen LogP contribution < -0.4 is 0 Å². The molecule has 0 aromatic heterocycles. The molecule has 4 nitrogen and oxygen atoms in total. The van der Waals surface area contributed by atoms with Gasteiger partial charge >= 0.3 is 5.97 Å². The predicted octanol–water partition coefficient (Wildman–Crippen LogP) is 4.23. The molecule has 2 N–H and O–H groups in total. The van der Waals surface area contributed by atoms with Crippen LogP contribution in [0.25, 0.3) is 0 Å². The number of ketones is 1. The summed E-state index contributed by atoms with van der Waals surface area (Å²) in [6.07, 6.45) is 10.1. The van der Waals surface area contributed by atoms with Crippen molar-refractivity contribution >= 4 is 11.8 Å². The Labute approximate surface area is 149 Å². The molecule has 0 bridgehead atoms. The number of unbranched alkanes of at least 4 members (excludes halogenated alkanes) is 2. The second-order valence-corrected chi connectivity index (χ2v) is 6.80. The van der Waals surface area contributed by atoms with Gasteiger partial charge in [-0.3, -0.25) is 9.59 Å². The third kappa shape index (κ3) is 8.43. The van der Waals surface area contributed by atoms with Gasteiger partial charge in [0.2, 0.25) is 0 Å². The highest BCUT2D eigenvalue weighted by Gasteiger charge is 2.32. The Kier molecular flexibility index (Phi) is 10.3. The monoisotopic (exact) mass is 354 g/mol. The molecule has 1 saturated carbocycles. The lowest BCUT2D eigenvalue weighted by atomic mass is 9.91. The molecule has 0 amide bonds. The van der Waals surface area contributed by atoms with E-state index >= 15 is 0 Å². The van der Waals surface area contributed by atoms with Gasteiger partial charge in [-0.15, -0.1) is 0 Å². The normalized spacial score (nSPS) is 23.6. The number of allylic oxidation sites excluding steroid dienone is 3. The van der Waals surface area contributed by atoms with Crippen LogP contribution in [0, 0.1) is 11.8 Å². The fourth-order valence-electron chi connectivity index (χ4n) is 3.15. The van der Waals surface area contributed by atoms with Crippen molar-refractivity contribution in [2.45, 2.75) is 77.0 Å². The van der Waals surface area contributed by atoms with Crippen molar-refractivity contribution < 1.29 is 24.2 Å². The first kappa shape index (κ1) is 21.6. The summed E-state index contributed by atoms with van der Waals surface area (Å²) in [5.74, 6) is -0.660. The average molecular weight is 354 g/mol. The number of halogens is 1. The molecule has 25 heavy (non-hydrogen) atoms. The van der Waals surface area contributed by atoms with Gasteiger partial charge in [-0.1, -0.05) is 44.1 Å². The lowest BCUT2D eigenvalue weighted by Crippen LogP contribution is -2.20. The zero-order valence-corrected chi connectivity index (χ0v) is 15.1. The average Bonchev–Trinajstić information content (AvgIpc) is 2.93. The molecule has 0 saturated heterocycles. The third-order valence-corrected chi connectivity index (χ3v) is 4.73. The van der Waals surface area contributed by atoms with Gasteiger partial charge in [0.15, 0.2) is 0 Å². The number of rotatable bonds is 12. The quantitative estimate of drug-likeness (QED) is 0.406. The second kappa shape index (κ2) is 12.0. The highest BCUT2D eigenvalue weighted by molar-refractivity contribution is 5.83. The zero-order valence-electron chi connectivity index (χ0n) is 15.1. The van der Waals surface area contributed by atoms with E-state index in [-0.39, 0.29) is 24.0 Å². The van der Waals surface area contributed by atoms with Gasteiger partial charge in [0.1, 0.15) is 18.1 Å². The molecule has 0 heterocycles. The number of aliphatic hydroxyl groups is 1. The van der Waals surface area contributed by atoms with Crippen LogP contribution in [0.5, 0.6) is 0 Å². The summed E-state index contributed by atoms with van der Waals surface area (Å²) < 4.78 is 13.8. The molecular weight excluding hydrogens is 323 g/mol. The maximum absolute atomic E-state index is 13.8. The third-order valence-electron chi connectivity index (χ3n) is 4.73. The summed E-state index contributed by atoms with van der Waals surface area (Å²) in [5.41, 5.74) is 0. The van der Waals surface area contributed by atoms with E-state index in [0.29, 0.717) is 32.1 Å². The standard InChI is InChI=1S/C20H31FO4/c1-2-3-9-17(21)19(23)14-12-15-11-13-18(22)16(15)8-6-4-5-7-10-20(24)25/h4,6,12,14-17,19,23H,2-3,5,7-11,13H2,1H3,(H,24,25)/b6-4+,14-12+/t15-,16-,17-,19-/m1/s1. The molecule has 0 radical (unpaired) electrons. The molecule has 1 aliphatic carbocycles. The van der Waals surface area contributed by atoms with Crippen LogP contribution in [0.3, 0.4) is 0 Å². The molecule has 0 aliphatic heterocycles. The van der Waals surface area contributed by atoms with E-state index in [1.54, 1.807) is 6.08 Å². The molecule has 1 aliphatic rings. The molecule has 0 aromatic carbocycles. The number of carbonyl (C=O) groups is 2. The fraction of sp³-hybridized carbons (Fsp3) is 0.700. The van der Waals surface area contributed by atoms with Crippen molar-refractivity contribution in [3.63, 3.8) is 0 Å². The second-order valence-electron chi connectivity index (χ2n) is 6.80. The highest BCUT2D eigenvalue weighted by Crippen LogP contribution is 2.33. The Morgan fingerprint density at radius 2 is 2.12 bits per heavy atom. The van der Waals surface area contributed by atoms with Gasteiger partial charge < -0.3 is 10.2 Å². The van der Waals surface area contributed by atoms with Crippen LogP contribution in [-0.2, 0) is 9.59 Å². The van der Waals surface area contributed by atoms with Gasteiger partial charge in [-0.25, -0.2) is 4.39 Å². The van der Waals surface area contributed by atoms with Crippen LogP contribution in [0.15, 0.2) is 24.3 Å². The van der Waals surface area contributed by atoms with Crippen molar-refractivity contribution in [2.24, 2.45) is 11.8 Å². The first-order valence-corrected chi connectivity index (χ1v) is 9.35. The number of aliphatic hydroxyl groups excluding tert-OH is 1. The largest absolute Gasteiger partial charge is 0.481 e. The molecule has 0 unspecified atom stereocenters. The molecular formula is C20H31FO4. The summed E-state index contributed by atoms with van der Waals surface area (Å²) in [4.78, 5) is 22.5. The first-order chi connectivity index (χ1) is 12.0. The summed E-state index contributed by atoms with van der Waals surface area (Å²) in [6.45, 7) is 1.98. The minimum atomic E-state index is -1.25. The Morgan fingerprint density at radius 1 is 1.36 bits per heavy atom. The van der Waals surface area contributed by atoms with Gasteiger partial charge in [0.25, 0.3) is 0 Å². The Hall–Kier alpha value is -1.49. The van der Waals surface area contributed by atoms with Crippen molar-refractivity contribution in [3.05, 3.63) is 24.3 Å². The highest BCUT2D eigenvalue weighted by atomic mass is 19.1. The minimum absolute atomic E-state index is 0.0456. The van der Waals surface area contributed by atoms with Crippen LogP contribution >= 0.6 is 0 Å². The van der Waals surface area contributed by atoms with Crippen molar-refractivity contribution in [2.75, 3.05) is 0 Å². The molecule has 0 spiro atoms. The van der Waals surface area contributed by atoms with E-state index in [4.69, 9.17) is 5.11 Å². The molecule has 1 rings (SSSR count). The van der Waals surface area contributed by atoms with Crippen LogP contribution in [0.1, 0.15) is 64.7 Å². The first-order valence-electron chi connectivity index (χ1n) is 9.35. The number of hydrogen-bond donors (Lipinski definition) is 2. The van der Waals surface area contributed by atoms with Crippen molar-refractivity contribution in [1.29, 1.82) is 0 Å². The summed E-state index contributed by atoms with van der Waals surface area (Å²) >= 11 is 0. The van der Waals surface area contributed by atoms with E-state index in [1.165, 1.54) is 6.08 Å². The number of Topliss-reactive ketones (excluding diaryl/α,β-unsaturated/α-hetero) is 1. The number of hydrogen-bond acceptors (Lipinski definition) is 3. The van der Waals surface area contributed by atoms with Crippen LogP contribution in [0.4, 0.5) is 4.39 Å².